The molecule has 2 aliphatic rings. The van der Waals surface area contributed by atoms with E-state index in [1.807, 2.05) is 0 Å². The highest BCUT2D eigenvalue weighted by Gasteiger charge is 2.33. The molecule has 32 heavy (non-hydrogen) atoms. The van der Waals surface area contributed by atoms with Gasteiger partial charge in [0, 0.05) is 23.9 Å². The number of para-hydroxylation sites is 1. The van der Waals surface area contributed by atoms with Crippen LogP contribution in [0.25, 0.3) is 0 Å². The van der Waals surface area contributed by atoms with Gasteiger partial charge in [0.25, 0.3) is 11.8 Å². The van der Waals surface area contributed by atoms with Gasteiger partial charge in [-0.1, -0.05) is 12.1 Å². The fourth-order valence-electron chi connectivity index (χ4n) is 3.39. The normalized spacial score (nSPS) is 18.6. The molecule has 2 aliphatic heterocycles. The number of carbonyl (C=O) groups excluding carboxylic acids is 2. The Morgan fingerprint density at radius 3 is 2.53 bits per heavy atom. The number of nitrogens with one attached hydrogen (secondary N) is 6. The first-order valence-electron chi connectivity index (χ1n) is 9.68. The maximum atomic E-state index is 12.7. The zero-order valence-corrected chi connectivity index (χ0v) is 16.7. The lowest BCUT2D eigenvalue weighted by atomic mass is 9.93. The molecule has 1 aromatic rings. The Bertz CT molecular complexity index is 997. The monoisotopic (exact) mass is 450 g/mol. The van der Waals surface area contributed by atoms with Crippen molar-refractivity contribution in [2.75, 3.05) is 13.1 Å². The van der Waals surface area contributed by atoms with Gasteiger partial charge in [0.2, 0.25) is 0 Å². The minimum Gasteiger partial charge on any atom is -0.405 e. The van der Waals surface area contributed by atoms with Crippen LogP contribution in [0.5, 0.6) is 5.75 Å². The van der Waals surface area contributed by atoms with Crippen LogP contribution >= 0.6 is 0 Å². The van der Waals surface area contributed by atoms with Crippen LogP contribution in [0.15, 0.2) is 47.4 Å². The van der Waals surface area contributed by atoms with E-state index < -0.39 is 29.8 Å². The Hall–Kier alpha value is -3.67. The summed E-state index contributed by atoms with van der Waals surface area (Å²) in [5.74, 6) is -2.72. The predicted octanol–water partition coefficient (Wildman–Crippen LogP) is 1.49. The second-order valence-corrected chi connectivity index (χ2v) is 7.04. The number of alkyl halides is 3. The molecule has 1 fully saturated rings. The smallest absolute Gasteiger partial charge is 0.405 e. The van der Waals surface area contributed by atoms with E-state index in [-0.39, 0.29) is 22.9 Å². The van der Waals surface area contributed by atoms with Gasteiger partial charge in [0.15, 0.2) is 0 Å². The first-order valence-corrected chi connectivity index (χ1v) is 9.68. The van der Waals surface area contributed by atoms with Gasteiger partial charge in [-0.05, 0) is 38.1 Å². The number of benzene rings is 1. The van der Waals surface area contributed by atoms with Crippen molar-refractivity contribution in [3.05, 3.63) is 53.0 Å². The van der Waals surface area contributed by atoms with Gasteiger partial charge < -0.3 is 31.4 Å². The number of piperidine rings is 1. The van der Waals surface area contributed by atoms with Crippen LogP contribution in [0.3, 0.4) is 0 Å². The maximum absolute atomic E-state index is 12.7. The molecule has 0 atom stereocenters. The van der Waals surface area contributed by atoms with Gasteiger partial charge in [-0.15, -0.1) is 13.2 Å². The Morgan fingerprint density at radius 1 is 1.19 bits per heavy atom. The van der Waals surface area contributed by atoms with Crippen molar-refractivity contribution in [3.8, 4) is 5.75 Å². The van der Waals surface area contributed by atoms with Gasteiger partial charge in [0.05, 0.1) is 11.1 Å². The van der Waals surface area contributed by atoms with Crippen LogP contribution in [-0.4, -0.2) is 43.3 Å². The van der Waals surface area contributed by atoms with Crippen molar-refractivity contribution in [2.45, 2.75) is 19.2 Å². The number of amides is 2. The minimum absolute atomic E-state index is 0.0360. The Kier molecular flexibility index (Phi) is 6.93. The van der Waals surface area contributed by atoms with Gasteiger partial charge in [-0.2, -0.15) is 0 Å². The maximum Gasteiger partial charge on any atom is 0.573 e. The summed E-state index contributed by atoms with van der Waals surface area (Å²) in [7, 11) is 0. The van der Waals surface area contributed by atoms with Crippen molar-refractivity contribution >= 4 is 23.9 Å². The molecule has 12 heteroatoms. The lowest BCUT2D eigenvalue weighted by molar-refractivity contribution is -0.274. The number of allylic oxidation sites excluding steroid dienone is 1. The van der Waals surface area contributed by atoms with E-state index >= 15 is 0 Å². The van der Waals surface area contributed by atoms with Gasteiger partial charge in [-0.3, -0.25) is 15.0 Å². The van der Waals surface area contributed by atoms with Crippen molar-refractivity contribution < 1.29 is 27.5 Å². The largest absolute Gasteiger partial charge is 0.573 e. The van der Waals surface area contributed by atoms with Crippen LogP contribution in [0.4, 0.5) is 13.2 Å². The fourth-order valence-corrected chi connectivity index (χ4v) is 3.39. The van der Waals surface area contributed by atoms with E-state index in [4.69, 9.17) is 10.8 Å². The Labute approximate surface area is 181 Å². The van der Waals surface area contributed by atoms with E-state index in [2.05, 4.69) is 26.0 Å². The minimum atomic E-state index is -4.98. The second kappa shape index (κ2) is 9.64. The molecule has 0 spiro atoms. The fraction of sp³-hybridized carbons (Fsp3) is 0.300. The number of hydrogen-bond acceptors (Lipinski definition) is 7. The lowest BCUT2D eigenvalue weighted by Crippen LogP contribution is -2.43. The molecule has 6 N–H and O–H groups in total. The first-order chi connectivity index (χ1) is 15.2. The molecule has 9 nitrogen and oxygen atoms in total. The highest BCUT2D eigenvalue weighted by molar-refractivity contribution is 6.20. The van der Waals surface area contributed by atoms with E-state index in [0.29, 0.717) is 11.9 Å². The quantitative estimate of drug-likeness (QED) is 0.229. The molecule has 1 saturated heterocycles. The molecule has 2 amide bonds. The molecular formula is C20H21F3N6O3. The molecule has 0 unspecified atom stereocenters. The molecule has 0 bridgehead atoms. The number of rotatable bonds is 5. The lowest BCUT2D eigenvalue weighted by Gasteiger charge is -2.29. The number of amidine groups is 1. The highest BCUT2D eigenvalue weighted by Crippen LogP contribution is 2.26. The molecule has 0 aliphatic carbocycles. The van der Waals surface area contributed by atoms with Crippen LogP contribution in [-0.2, 0) is 9.59 Å². The summed E-state index contributed by atoms with van der Waals surface area (Å²) in [5, 5.41) is 26.4. The number of halogens is 3. The predicted molar refractivity (Wildman–Crippen MR) is 109 cm³/mol. The third kappa shape index (κ3) is 5.72. The van der Waals surface area contributed by atoms with Crippen molar-refractivity contribution in [2.24, 2.45) is 5.92 Å². The van der Waals surface area contributed by atoms with E-state index in [1.165, 1.54) is 24.3 Å². The van der Waals surface area contributed by atoms with Gasteiger partial charge in [0.1, 0.15) is 17.4 Å². The van der Waals surface area contributed by atoms with Crippen LogP contribution in [0.2, 0.25) is 0 Å². The average Bonchev–Trinajstić information content (AvgIpc) is 2.73. The molecule has 2 heterocycles. The van der Waals surface area contributed by atoms with Crippen molar-refractivity contribution in [1.82, 2.24) is 21.3 Å². The first kappa shape index (κ1) is 23.0. The third-order valence-corrected chi connectivity index (χ3v) is 4.86. The standard InChI is InChI=1S/C20H21F3N6O3/c21-20(22,23)32-15-4-2-1-3-12(15)17(25)29-19(31)13(10-24)18-27-14(9-16(30)28-18)11-5-7-26-8-6-11/h1-4,9-11,24,26-27H,5-8H2,(H,28,30)(H2,25,29,31)/b18-13-,24-10?. The summed E-state index contributed by atoms with van der Waals surface area (Å²) in [6.07, 6.45) is -1.32. The zero-order valence-electron chi connectivity index (χ0n) is 16.7. The molecule has 0 saturated carbocycles. The van der Waals surface area contributed by atoms with Crippen molar-refractivity contribution in [1.29, 1.82) is 10.8 Å². The van der Waals surface area contributed by atoms with Crippen LogP contribution < -0.4 is 26.0 Å². The highest BCUT2D eigenvalue weighted by atomic mass is 19.4. The molecule has 0 aromatic heterocycles. The van der Waals surface area contributed by atoms with E-state index in [1.54, 1.807) is 0 Å². The molecule has 1 aromatic carbocycles. The second-order valence-electron chi connectivity index (χ2n) is 7.04. The van der Waals surface area contributed by atoms with Crippen LogP contribution in [0.1, 0.15) is 18.4 Å². The molecule has 170 valence electrons. The SMILES string of the molecule is N=C/C(C(=O)NC(=N)c1ccccc1OC(F)(F)F)=C1/NC(=O)C=C(C2CCNCC2)N1. The van der Waals surface area contributed by atoms with Crippen molar-refractivity contribution in [3.63, 3.8) is 0 Å². The van der Waals surface area contributed by atoms with Gasteiger partial charge in [-0.25, -0.2) is 0 Å². The van der Waals surface area contributed by atoms with Crippen LogP contribution in [0, 0.1) is 16.7 Å². The summed E-state index contributed by atoms with van der Waals surface area (Å²) < 4.78 is 41.8. The Morgan fingerprint density at radius 2 is 1.88 bits per heavy atom. The summed E-state index contributed by atoms with van der Waals surface area (Å²) >= 11 is 0. The Balaban J connectivity index is 1.80. The molecular weight excluding hydrogens is 429 g/mol. The summed E-state index contributed by atoms with van der Waals surface area (Å²) in [6, 6.07) is 4.87. The van der Waals surface area contributed by atoms with E-state index in [0.717, 1.165) is 32.0 Å². The number of ether oxygens (including phenoxy) is 1. The van der Waals surface area contributed by atoms with Gasteiger partial charge >= 0.3 is 6.36 Å². The molecule has 0 radical (unpaired) electrons. The third-order valence-electron chi connectivity index (χ3n) is 4.86. The average molecular weight is 450 g/mol. The number of hydrogen-bond donors (Lipinski definition) is 6. The number of carbonyl (C=O) groups is 2. The molecule has 3 rings (SSSR count). The summed E-state index contributed by atoms with van der Waals surface area (Å²) in [6.45, 7) is 1.55. The topological polar surface area (TPSA) is 139 Å². The summed E-state index contributed by atoms with van der Waals surface area (Å²) in [4.78, 5) is 24.8. The summed E-state index contributed by atoms with van der Waals surface area (Å²) in [5.41, 5.74) is 0.0108. The van der Waals surface area contributed by atoms with E-state index in [9.17, 15) is 22.8 Å². The zero-order chi connectivity index (χ0) is 23.3.